The molecule has 0 aliphatic heterocycles. The predicted octanol–water partition coefficient (Wildman–Crippen LogP) is 0.485. The minimum atomic E-state index is -0.486. The Morgan fingerprint density at radius 3 is 2.82 bits per heavy atom. The van der Waals surface area contributed by atoms with Crippen LogP contribution < -0.4 is 0 Å². The number of nitrogens with zero attached hydrogens (tertiary/aromatic N) is 1. The third-order valence-corrected chi connectivity index (χ3v) is 0.903. The first-order chi connectivity index (χ1) is 5.31. The molecule has 0 bridgehead atoms. The fourth-order valence-electron chi connectivity index (χ4n) is 0.469. The molecule has 0 amide bonds. The van der Waals surface area contributed by atoms with Crippen molar-refractivity contribution in [2.75, 3.05) is 26.4 Å². The van der Waals surface area contributed by atoms with E-state index in [1.54, 1.807) is 0 Å². The second-order valence-corrected chi connectivity index (χ2v) is 1.73. The minimum absolute atomic E-state index is 0.202. The predicted molar refractivity (Wildman–Crippen MR) is 38.9 cm³/mol. The third kappa shape index (κ3) is 6.81. The molecule has 4 heteroatoms. The Morgan fingerprint density at radius 1 is 1.55 bits per heavy atom. The molecule has 0 aliphatic rings. The van der Waals surface area contributed by atoms with Crippen LogP contribution in [0.25, 0.3) is 4.85 Å². The summed E-state index contributed by atoms with van der Waals surface area (Å²) in [7, 11) is 0. The van der Waals surface area contributed by atoms with Gasteiger partial charge in [0.1, 0.15) is 6.61 Å². The minimum Gasteiger partial charge on any atom is -0.458 e. The third-order valence-electron chi connectivity index (χ3n) is 0.903. The van der Waals surface area contributed by atoms with E-state index in [4.69, 9.17) is 11.3 Å². The van der Waals surface area contributed by atoms with Crippen molar-refractivity contribution >= 4 is 5.97 Å². The molecule has 0 spiro atoms. The van der Waals surface area contributed by atoms with E-state index in [9.17, 15) is 4.79 Å². The van der Waals surface area contributed by atoms with Gasteiger partial charge in [0.15, 0.2) is 0 Å². The molecule has 0 atom stereocenters. The summed E-state index contributed by atoms with van der Waals surface area (Å²) in [6, 6.07) is 0. The van der Waals surface area contributed by atoms with E-state index in [2.05, 4.69) is 9.58 Å². The number of carbonyl (C=O) groups excluding carboxylic acids is 1. The van der Waals surface area contributed by atoms with E-state index in [0.29, 0.717) is 13.2 Å². The van der Waals surface area contributed by atoms with Crippen molar-refractivity contribution < 1.29 is 14.3 Å². The van der Waals surface area contributed by atoms with Gasteiger partial charge in [0.2, 0.25) is 0 Å². The number of ether oxygens (including phenoxy) is 2. The number of rotatable bonds is 5. The summed E-state index contributed by atoms with van der Waals surface area (Å²) in [6.45, 7) is 9.26. The molecule has 0 radical (unpaired) electrons. The van der Waals surface area contributed by atoms with Gasteiger partial charge in [-0.15, -0.1) is 0 Å². The largest absolute Gasteiger partial charge is 0.458 e. The van der Waals surface area contributed by atoms with Crippen molar-refractivity contribution in [1.82, 2.24) is 0 Å². The average Bonchev–Trinajstić information content (AvgIpc) is 1.99. The maximum atomic E-state index is 10.5. The Labute approximate surface area is 65.9 Å². The molecule has 0 N–H and O–H groups in total. The monoisotopic (exact) mass is 157 g/mol. The SMILES string of the molecule is [C-]#[N+]CC(=O)OCCOCC. The summed E-state index contributed by atoms with van der Waals surface area (Å²) in [6.07, 6.45) is 0. The molecule has 0 rings (SSSR count). The zero-order chi connectivity index (χ0) is 8.53. The Kier molecular flexibility index (Phi) is 6.34. The van der Waals surface area contributed by atoms with E-state index in [0.717, 1.165) is 0 Å². The molecule has 0 saturated heterocycles. The molecule has 4 nitrogen and oxygen atoms in total. The van der Waals surface area contributed by atoms with Crippen molar-refractivity contribution in [3.8, 4) is 0 Å². The van der Waals surface area contributed by atoms with Crippen LogP contribution in [0.5, 0.6) is 0 Å². The molecule has 0 aromatic rings. The Bertz CT molecular complexity index is 150. The van der Waals surface area contributed by atoms with Gasteiger partial charge >= 0.3 is 12.5 Å². The topological polar surface area (TPSA) is 39.9 Å². The van der Waals surface area contributed by atoms with Crippen LogP contribution in [0.2, 0.25) is 0 Å². The number of hydrogen-bond donors (Lipinski definition) is 0. The van der Waals surface area contributed by atoms with Crippen LogP contribution in [0.15, 0.2) is 0 Å². The van der Waals surface area contributed by atoms with Gasteiger partial charge in [-0.05, 0) is 6.92 Å². The quantitative estimate of drug-likeness (QED) is 0.331. The summed E-state index contributed by atoms with van der Waals surface area (Å²) in [5.74, 6) is -0.486. The molecule has 0 saturated carbocycles. The summed E-state index contributed by atoms with van der Waals surface area (Å²) >= 11 is 0. The lowest BCUT2D eigenvalue weighted by atomic mass is 10.6. The molecule has 62 valence electrons. The summed E-state index contributed by atoms with van der Waals surface area (Å²) in [5.41, 5.74) is 0. The first-order valence-corrected chi connectivity index (χ1v) is 3.37. The normalized spacial score (nSPS) is 8.73. The van der Waals surface area contributed by atoms with Crippen LogP contribution in [-0.2, 0) is 14.3 Å². The van der Waals surface area contributed by atoms with E-state index in [-0.39, 0.29) is 13.2 Å². The van der Waals surface area contributed by atoms with Crippen molar-refractivity contribution in [2.24, 2.45) is 0 Å². The van der Waals surface area contributed by atoms with Gasteiger partial charge in [-0.3, -0.25) is 0 Å². The molecule has 0 unspecified atom stereocenters. The molecule has 0 fully saturated rings. The Balaban J connectivity index is 3.12. The number of esters is 1. The molecule has 11 heavy (non-hydrogen) atoms. The first kappa shape index (κ1) is 9.92. The molecular weight excluding hydrogens is 146 g/mol. The van der Waals surface area contributed by atoms with E-state index >= 15 is 0 Å². The van der Waals surface area contributed by atoms with Gasteiger partial charge in [-0.1, -0.05) is 0 Å². The summed E-state index contributed by atoms with van der Waals surface area (Å²) < 4.78 is 9.51. The van der Waals surface area contributed by atoms with Crippen LogP contribution in [0.4, 0.5) is 0 Å². The number of carbonyl (C=O) groups is 1. The van der Waals surface area contributed by atoms with Gasteiger partial charge in [0.05, 0.1) is 6.61 Å². The zero-order valence-electron chi connectivity index (χ0n) is 6.50. The lowest BCUT2D eigenvalue weighted by Gasteiger charge is -2.00. The molecule has 0 heterocycles. The first-order valence-electron chi connectivity index (χ1n) is 3.37. The standard InChI is InChI=1S/C7H11NO3/c1-3-10-4-5-11-7(9)6-8-2/h3-6H2,1H3. The lowest BCUT2D eigenvalue weighted by molar-refractivity contribution is -0.142. The van der Waals surface area contributed by atoms with Gasteiger partial charge in [-0.25, -0.2) is 11.4 Å². The van der Waals surface area contributed by atoms with Crippen molar-refractivity contribution in [2.45, 2.75) is 6.92 Å². The van der Waals surface area contributed by atoms with Crippen LogP contribution >= 0.6 is 0 Å². The Hall–Kier alpha value is -1.08. The van der Waals surface area contributed by atoms with Gasteiger partial charge in [0.25, 0.3) is 0 Å². The maximum Gasteiger partial charge on any atom is 0.387 e. The van der Waals surface area contributed by atoms with E-state index in [1.165, 1.54) is 0 Å². The van der Waals surface area contributed by atoms with Crippen molar-refractivity contribution in [1.29, 1.82) is 0 Å². The lowest BCUT2D eigenvalue weighted by Crippen LogP contribution is -2.11. The van der Waals surface area contributed by atoms with E-state index in [1.807, 2.05) is 6.92 Å². The highest BCUT2D eigenvalue weighted by atomic mass is 16.6. The zero-order valence-corrected chi connectivity index (χ0v) is 6.50. The number of hydrogen-bond acceptors (Lipinski definition) is 3. The molecular formula is C7H11NO3. The smallest absolute Gasteiger partial charge is 0.387 e. The van der Waals surface area contributed by atoms with Gasteiger partial charge in [-0.2, -0.15) is 0 Å². The van der Waals surface area contributed by atoms with Crippen molar-refractivity contribution in [3.63, 3.8) is 0 Å². The van der Waals surface area contributed by atoms with Gasteiger partial charge in [0, 0.05) is 6.61 Å². The second kappa shape index (κ2) is 7.03. The van der Waals surface area contributed by atoms with Crippen LogP contribution in [0, 0.1) is 6.57 Å². The fourth-order valence-corrected chi connectivity index (χ4v) is 0.469. The van der Waals surface area contributed by atoms with Crippen LogP contribution in [-0.4, -0.2) is 32.3 Å². The molecule has 0 aromatic carbocycles. The summed E-state index contributed by atoms with van der Waals surface area (Å²) in [4.78, 5) is 13.4. The highest BCUT2D eigenvalue weighted by molar-refractivity contribution is 5.73. The molecule has 0 aromatic heterocycles. The Morgan fingerprint density at radius 2 is 2.27 bits per heavy atom. The highest BCUT2D eigenvalue weighted by Crippen LogP contribution is 1.81. The maximum absolute atomic E-state index is 10.5. The fraction of sp³-hybridized carbons (Fsp3) is 0.714. The van der Waals surface area contributed by atoms with Crippen molar-refractivity contribution in [3.05, 3.63) is 11.4 Å². The van der Waals surface area contributed by atoms with E-state index < -0.39 is 5.97 Å². The highest BCUT2D eigenvalue weighted by Gasteiger charge is 2.03. The van der Waals surface area contributed by atoms with Crippen LogP contribution in [0.1, 0.15) is 6.92 Å². The molecule has 0 aliphatic carbocycles. The van der Waals surface area contributed by atoms with Gasteiger partial charge < -0.3 is 14.3 Å². The second-order valence-electron chi connectivity index (χ2n) is 1.73. The average molecular weight is 157 g/mol. The summed E-state index contributed by atoms with van der Waals surface area (Å²) in [5, 5.41) is 0. The van der Waals surface area contributed by atoms with Crippen LogP contribution in [0.3, 0.4) is 0 Å².